The first-order valence-corrected chi connectivity index (χ1v) is 21.6. The Balaban J connectivity index is 0.805. The van der Waals surface area contributed by atoms with Gasteiger partial charge in [0.1, 0.15) is 67.7 Å². The maximum Gasteiger partial charge on any atom is 0.122 e. The highest BCUT2D eigenvalue weighted by Crippen LogP contribution is 2.50. The van der Waals surface area contributed by atoms with Crippen molar-refractivity contribution in [3.05, 3.63) is 190 Å². The molecule has 10 rings (SSSR count). The number of aliphatic hydroxyl groups is 1. The highest BCUT2D eigenvalue weighted by Gasteiger charge is 2.41. The van der Waals surface area contributed by atoms with Crippen molar-refractivity contribution in [3.8, 4) is 23.0 Å². The van der Waals surface area contributed by atoms with Gasteiger partial charge in [0.05, 0.1) is 13.2 Å². The van der Waals surface area contributed by atoms with Crippen LogP contribution in [-0.4, -0.2) is 63.1 Å². The molecule has 1 N–H and O–H groups in total. The molecule has 60 heavy (non-hydrogen) atoms. The highest BCUT2D eigenvalue weighted by molar-refractivity contribution is 5.57. The number of hydrogen-bond donors (Lipinski definition) is 1. The normalized spacial score (nSPS) is 23.1. The van der Waals surface area contributed by atoms with Crippen molar-refractivity contribution in [1.82, 2.24) is 0 Å². The molecule has 7 nitrogen and oxygen atoms in total. The molecule has 306 valence electrons. The van der Waals surface area contributed by atoms with Crippen LogP contribution in [-0.2, 0) is 33.1 Å². The van der Waals surface area contributed by atoms with Gasteiger partial charge in [-0.05, 0) is 132 Å². The minimum absolute atomic E-state index is 0.117. The van der Waals surface area contributed by atoms with Gasteiger partial charge in [0.15, 0.2) is 0 Å². The first-order valence-electron chi connectivity index (χ1n) is 21.6. The molecule has 2 fully saturated rings. The van der Waals surface area contributed by atoms with Gasteiger partial charge in [0.25, 0.3) is 0 Å². The van der Waals surface area contributed by atoms with Crippen LogP contribution in [0.4, 0.5) is 0 Å². The molecule has 0 saturated carbocycles. The lowest BCUT2D eigenvalue weighted by Crippen LogP contribution is -2.33. The minimum Gasteiger partial charge on any atom is -0.491 e. The van der Waals surface area contributed by atoms with Gasteiger partial charge in [-0.1, -0.05) is 97.1 Å². The van der Waals surface area contributed by atoms with Gasteiger partial charge in [-0.25, -0.2) is 0 Å². The highest BCUT2D eigenvalue weighted by atomic mass is 16.6. The molecular weight excluding hydrogens is 749 g/mol. The number of rotatable bonds is 16. The number of epoxide rings is 2. The Hall–Kier alpha value is -5.60. The van der Waals surface area contributed by atoms with Crippen molar-refractivity contribution in [2.75, 3.05) is 39.6 Å². The number of fused-ring (bicyclic) bond motifs is 2. The Bertz CT molecular complexity index is 2200. The van der Waals surface area contributed by atoms with Crippen LogP contribution in [0.5, 0.6) is 23.0 Å². The summed E-state index contributed by atoms with van der Waals surface area (Å²) in [5.41, 5.74) is 9.84. The van der Waals surface area contributed by atoms with Crippen LogP contribution in [0.15, 0.2) is 146 Å². The lowest BCUT2D eigenvalue weighted by molar-refractivity contribution is 0.0626. The zero-order valence-electron chi connectivity index (χ0n) is 34.0. The zero-order chi connectivity index (χ0) is 40.4. The van der Waals surface area contributed by atoms with E-state index in [1.807, 2.05) is 24.3 Å². The summed E-state index contributed by atoms with van der Waals surface area (Å²) in [6.45, 7) is 2.97. The van der Waals surface area contributed by atoms with E-state index in [4.69, 9.17) is 28.4 Å². The SMILES string of the molecule is OC(COc1ccc(C2(c3ccc(OCC4CO4)cc3)CCCc3ccccc32)cc1)COc1ccc(C2(c3ccc(OCC4CO4)cc3)CCCc3ccccc32)cc1. The van der Waals surface area contributed by atoms with Gasteiger partial charge in [0.2, 0.25) is 0 Å². The van der Waals surface area contributed by atoms with E-state index in [2.05, 4.69) is 121 Å². The van der Waals surface area contributed by atoms with Gasteiger partial charge in [-0.3, -0.25) is 0 Å². The molecule has 0 radical (unpaired) electrons. The monoisotopic (exact) mass is 800 g/mol. The molecule has 2 heterocycles. The smallest absolute Gasteiger partial charge is 0.122 e. The van der Waals surface area contributed by atoms with E-state index in [0.717, 1.165) is 63.2 Å². The van der Waals surface area contributed by atoms with Crippen LogP contribution in [0.25, 0.3) is 0 Å². The second kappa shape index (κ2) is 16.8. The summed E-state index contributed by atoms with van der Waals surface area (Å²) in [5, 5.41) is 11.0. The summed E-state index contributed by atoms with van der Waals surface area (Å²) in [6, 6.07) is 51.7. The first-order chi connectivity index (χ1) is 29.6. The summed E-state index contributed by atoms with van der Waals surface area (Å²) in [4.78, 5) is 0. The fraction of sp³-hybridized carbons (Fsp3) is 0.321. The summed E-state index contributed by atoms with van der Waals surface area (Å²) in [6.07, 6.45) is 5.97. The van der Waals surface area contributed by atoms with Crippen molar-refractivity contribution in [2.45, 2.75) is 67.7 Å². The number of aryl methyl sites for hydroxylation is 2. The van der Waals surface area contributed by atoms with Gasteiger partial charge >= 0.3 is 0 Å². The molecule has 7 heteroatoms. The van der Waals surface area contributed by atoms with Crippen LogP contribution < -0.4 is 18.9 Å². The van der Waals surface area contributed by atoms with Crippen LogP contribution in [0.2, 0.25) is 0 Å². The second-order valence-electron chi connectivity index (χ2n) is 16.7. The van der Waals surface area contributed by atoms with Crippen molar-refractivity contribution < 1.29 is 33.5 Å². The lowest BCUT2D eigenvalue weighted by Gasteiger charge is -2.40. The van der Waals surface area contributed by atoms with E-state index < -0.39 is 6.10 Å². The van der Waals surface area contributed by atoms with Crippen LogP contribution in [0, 0.1) is 0 Å². The average molecular weight is 801 g/mol. The Morgan fingerprint density at radius 2 is 0.800 bits per heavy atom. The Kier molecular flexibility index (Phi) is 10.8. The van der Waals surface area contributed by atoms with Gasteiger partial charge < -0.3 is 33.5 Å². The van der Waals surface area contributed by atoms with Gasteiger partial charge in [-0.2, -0.15) is 0 Å². The first kappa shape index (κ1) is 38.6. The van der Waals surface area contributed by atoms with E-state index in [-0.39, 0.29) is 36.3 Å². The summed E-state index contributed by atoms with van der Waals surface area (Å²) >= 11 is 0. The largest absolute Gasteiger partial charge is 0.491 e. The zero-order valence-corrected chi connectivity index (χ0v) is 34.0. The third-order valence-corrected chi connectivity index (χ3v) is 12.9. The fourth-order valence-electron chi connectivity index (χ4n) is 9.68. The van der Waals surface area contributed by atoms with Crippen molar-refractivity contribution in [2.24, 2.45) is 0 Å². The second-order valence-corrected chi connectivity index (χ2v) is 16.7. The van der Waals surface area contributed by atoms with Crippen molar-refractivity contribution in [1.29, 1.82) is 0 Å². The minimum atomic E-state index is -0.808. The maximum atomic E-state index is 11.0. The number of hydrogen-bond acceptors (Lipinski definition) is 7. The fourth-order valence-corrected chi connectivity index (χ4v) is 9.68. The standard InChI is InChI=1S/C53H52O7/c54-43(31-55-44-21-13-39(14-22-44)52(29-5-9-37-7-1-3-11-50(37)52)41-17-25-46(26-18-41)57-33-48-35-59-48)32-56-45-23-15-40(16-24-45)53(30-6-10-38-8-2-4-12-51(38)53)42-19-27-47(28-20-42)58-34-49-36-60-49/h1-4,7-8,11-28,43,48-49,54H,5-6,9-10,29-36H2. The third kappa shape index (κ3) is 7.90. The van der Waals surface area contributed by atoms with Crippen molar-refractivity contribution in [3.63, 3.8) is 0 Å². The van der Waals surface area contributed by atoms with Crippen LogP contribution >= 0.6 is 0 Å². The number of benzene rings is 6. The molecule has 6 aromatic rings. The maximum absolute atomic E-state index is 11.0. The molecule has 2 aliphatic carbocycles. The predicted molar refractivity (Wildman–Crippen MR) is 232 cm³/mol. The molecule has 0 bridgehead atoms. The average Bonchev–Trinajstić information content (AvgIpc) is 4.26. The topological polar surface area (TPSA) is 82.2 Å². The molecule has 0 aromatic heterocycles. The molecule has 0 spiro atoms. The van der Waals surface area contributed by atoms with Crippen LogP contribution in [0.3, 0.4) is 0 Å². The van der Waals surface area contributed by atoms with Gasteiger partial charge in [0, 0.05) is 10.8 Å². The molecule has 4 unspecified atom stereocenters. The van der Waals surface area contributed by atoms with E-state index in [1.54, 1.807) is 0 Å². The molecule has 4 atom stereocenters. The molecular formula is C53H52O7. The predicted octanol–water partition coefficient (Wildman–Crippen LogP) is 9.40. The Labute approximate surface area is 352 Å². The molecule has 4 aliphatic rings. The Morgan fingerprint density at radius 1 is 0.467 bits per heavy atom. The lowest BCUT2D eigenvalue weighted by atomic mass is 9.62. The quantitative estimate of drug-likeness (QED) is 0.0978. The van der Waals surface area contributed by atoms with E-state index in [1.165, 1.54) is 44.5 Å². The molecule has 2 saturated heterocycles. The molecule has 6 aromatic carbocycles. The van der Waals surface area contributed by atoms with Crippen molar-refractivity contribution >= 4 is 0 Å². The molecule has 0 amide bonds. The van der Waals surface area contributed by atoms with Crippen LogP contribution in [0.1, 0.15) is 70.2 Å². The number of ether oxygens (including phenoxy) is 6. The summed E-state index contributed by atoms with van der Waals surface area (Å²) in [5.74, 6) is 3.14. The molecule has 2 aliphatic heterocycles. The summed E-state index contributed by atoms with van der Waals surface area (Å²) < 4.78 is 34.9. The Morgan fingerprint density at radius 3 is 1.15 bits per heavy atom. The van der Waals surface area contributed by atoms with E-state index in [0.29, 0.717) is 24.7 Å². The van der Waals surface area contributed by atoms with E-state index in [9.17, 15) is 5.11 Å². The summed E-state index contributed by atoms with van der Waals surface area (Å²) in [7, 11) is 0. The van der Waals surface area contributed by atoms with E-state index >= 15 is 0 Å². The number of aliphatic hydroxyl groups excluding tert-OH is 1. The van der Waals surface area contributed by atoms with Gasteiger partial charge in [-0.15, -0.1) is 0 Å². The third-order valence-electron chi connectivity index (χ3n) is 12.9.